The van der Waals surface area contributed by atoms with Crippen molar-refractivity contribution in [2.24, 2.45) is 10.2 Å². The van der Waals surface area contributed by atoms with Gasteiger partial charge in [0.2, 0.25) is 0 Å². The van der Waals surface area contributed by atoms with Crippen molar-refractivity contribution in [3.05, 3.63) is 64.7 Å². The van der Waals surface area contributed by atoms with Crippen molar-refractivity contribution in [2.45, 2.75) is 0 Å². The van der Waals surface area contributed by atoms with E-state index in [9.17, 15) is 9.18 Å². The smallest absolute Gasteiger partial charge is 0.292 e. The maximum absolute atomic E-state index is 13.5. The normalized spacial score (nSPS) is 11.1. The molecule has 0 saturated heterocycles. The molecule has 7 heteroatoms. The molecule has 0 saturated carbocycles. The van der Waals surface area contributed by atoms with Crippen LogP contribution < -0.4 is 11.3 Å². The van der Waals surface area contributed by atoms with Gasteiger partial charge in [0.1, 0.15) is 5.69 Å². The molecule has 22 heavy (non-hydrogen) atoms. The lowest BCUT2D eigenvalue weighted by Crippen LogP contribution is -1.96. The minimum Gasteiger partial charge on any atom is -0.399 e. The number of H-pyrrole nitrogens is 2. The van der Waals surface area contributed by atoms with Crippen molar-refractivity contribution in [1.82, 2.24) is 10.2 Å². The maximum Gasteiger partial charge on any atom is 0.292 e. The summed E-state index contributed by atoms with van der Waals surface area (Å²) in [7, 11) is 0. The molecule has 0 unspecified atom stereocenters. The average molecular weight is 297 g/mol. The lowest BCUT2D eigenvalue weighted by Gasteiger charge is -1.99. The number of aromatic nitrogens is 2. The SMILES string of the molecule is Nc1ccc(-c2[nH][nH]c(=O)c2N=Nc2ccccc2F)cc1. The van der Waals surface area contributed by atoms with Crippen LogP contribution in [0.4, 0.5) is 21.5 Å². The van der Waals surface area contributed by atoms with Crippen LogP contribution in [0.15, 0.2) is 63.6 Å². The Kier molecular flexibility index (Phi) is 3.53. The Bertz CT molecular complexity index is 879. The highest BCUT2D eigenvalue weighted by atomic mass is 19.1. The molecule has 0 fully saturated rings. The Balaban J connectivity index is 2.01. The van der Waals surface area contributed by atoms with E-state index in [-0.39, 0.29) is 11.4 Å². The summed E-state index contributed by atoms with van der Waals surface area (Å²) in [4.78, 5) is 11.8. The number of hydrogen-bond acceptors (Lipinski definition) is 4. The van der Waals surface area contributed by atoms with Crippen LogP contribution in [0.3, 0.4) is 0 Å². The van der Waals surface area contributed by atoms with E-state index in [0.717, 1.165) is 5.56 Å². The largest absolute Gasteiger partial charge is 0.399 e. The molecular weight excluding hydrogens is 285 g/mol. The Morgan fingerprint density at radius 2 is 1.68 bits per heavy atom. The number of nitrogen functional groups attached to an aromatic ring is 1. The van der Waals surface area contributed by atoms with Gasteiger partial charge in [-0.15, -0.1) is 10.2 Å². The molecule has 6 nitrogen and oxygen atoms in total. The Labute approximate surface area is 124 Å². The predicted molar refractivity (Wildman–Crippen MR) is 81.8 cm³/mol. The number of hydrogen-bond donors (Lipinski definition) is 3. The van der Waals surface area contributed by atoms with E-state index in [0.29, 0.717) is 11.4 Å². The third-order valence-corrected chi connectivity index (χ3v) is 3.06. The van der Waals surface area contributed by atoms with Crippen LogP contribution >= 0.6 is 0 Å². The zero-order chi connectivity index (χ0) is 15.5. The molecule has 0 spiro atoms. The van der Waals surface area contributed by atoms with Gasteiger partial charge in [0.05, 0.1) is 5.69 Å². The van der Waals surface area contributed by atoms with Gasteiger partial charge >= 0.3 is 0 Å². The third kappa shape index (κ3) is 2.64. The highest BCUT2D eigenvalue weighted by Gasteiger charge is 2.11. The zero-order valence-corrected chi connectivity index (χ0v) is 11.4. The van der Waals surface area contributed by atoms with E-state index in [1.165, 1.54) is 12.1 Å². The first-order valence-corrected chi connectivity index (χ1v) is 6.48. The Hall–Kier alpha value is -3.22. The van der Waals surface area contributed by atoms with E-state index in [1.54, 1.807) is 36.4 Å². The number of rotatable bonds is 3. The molecule has 3 rings (SSSR count). The first-order valence-electron chi connectivity index (χ1n) is 6.48. The number of anilines is 1. The molecule has 0 bridgehead atoms. The number of halogens is 1. The molecule has 0 amide bonds. The lowest BCUT2D eigenvalue weighted by molar-refractivity contribution is 0.628. The molecule has 1 aromatic heterocycles. The second-order valence-electron chi connectivity index (χ2n) is 4.58. The number of aromatic amines is 2. The molecule has 0 aliphatic rings. The molecule has 110 valence electrons. The number of nitrogens with zero attached hydrogens (tertiary/aromatic N) is 2. The molecule has 3 aromatic rings. The van der Waals surface area contributed by atoms with Crippen molar-refractivity contribution in [2.75, 3.05) is 5.73 Å². The number of azo groups is 1. The van der Waals surface area contributed by atoms with E-state index >= 15 is 0 Å². The van der Waals surface area contributed by atoms with Crippen molar-refractivity contribution in [3.8, 4) is 11.3 Å². The Morgan fingerprint density at radius 3 is 2.41 bits per heavy atom. The van der Waals surface area contributed by atoms with E-state index in [1.807, 2.05) is 0 Å². The molecule has 1 heterocycles. The molecule has 4 N–H and O–H groups in total. The van der Waals surface area contributed by atoms with E-state index in [4.69, 9.17) is 5.73 Å². The van der Waals surface area contributed by atoms with Gasteiger partial charge in [0, 0.05) is 11.3 Å². The van der Waals surface area contributed by atoms with Gasteiger partial charge in [0.25, 0.3) is 5.56 Å². The van der Waals surface area contributed by atoms with Gasteiger partial charge in [0.15, 0.2) is 11.5 Å². The summed E-state index contributed by atoms with van der Waals surface area (Å²) in [5.74, 6) is -0.507. The highest BCUT2D eigenvalue weighted by molar-refractivity contribution is 5.72. The van der Waals surface area contributed by atoms with Crippen molar-refractivity contribution < 1.29 is 4.39 Å². The van der Waals surface area contributed by atoms with Crippen molar-refractivity contribution in [3.63, 3.8) is 0 Å². The van der Waals surface area contributed by atoms with Crippen LogP contribution in [-0.2, 0) is 0 Å². The molecule has 2 aromatic carbocycles. The second-order valence-corrected chi connectivity index (χ2v) is 4.58. The van der Waals surface area contributed by atoms with Crippen LogP contribution in [0.5, 0.6) is 0 Å². The molecule has 0 radical (unpaired) electrons. The number of benzene rings is 2. The van der Waals surface area contributed by atoms with Gasteiger partial charge < -0.3 is 5.73 Å². The van der Waals surface area contributed by atoms with E-state index < -0.39 is 11.4 Å². The van der Waals surface area contributed by atoms with Gasteiger partial charge in [-0.1, -0.05) is 24.3 Å². The van der Waals surface area contributed by atoms with Gasteiger partial charge in [-0.25, -0.2) is 4.39 Å². The first-order chi connectivity index (χ1) is 10.6. The fourth-order valence-corrected chi connectivity index (χ4v) is 1.94. The van der Waals surface area contributed by atoms with Gasteiger partial charge in [-0.05, 0) is 24.3 Å². The Morgan fingerprint density at radius 1 is 0.955 bits per heavy atom. The van der Waals surface area contributed by atoms with Crippen molar-refractivity contribution in [1.29, 1.82) is 0 Å². The summed E-state index contributed by atoms with van der Waals surface area (Å²) in [6.07, 6.45) is 0. The summed E-state index contributed by atoms with van der Waals surface area (Å²) < 4.78 is 13.5. The van der Waals surface area contributed by atoms with Crippen LogP contribution in [-0.4, -0.2) is 10.2 Å². The van der Waals surface area contributed by atoms with Crippen molar-refractivity contribution >= 4 is 17.1 Å². The van der Waals surface area contributed by atoms with Gasteiger partial charge in [-0.2, -0.15) is 0 Å². The van der Waals surface area contributed by atoms with Gasteiger partial charge in [-0.3, -0.25) is 15.0 Å². The summed E-state index contributed by atoms with van der Waals surface area (Å²) in [6.45, 7) is 0. The van der Waals surface area contributed by atoms with Crippen LogP contribution in [0.2, 0.25) is 0 Å². The zero-order valence-electron chi connectivity index (χ0n) is 11.4. The van der Waals surface area contributed by atoms with E-state index in [2.05, 4.69) is 20.4 Å². The average Bonchev–Trinajstić information content (AvgIpc) is 2.88. The molecule has 0 aliphatic heterocycles. The number of nitrogens with one attached hydrogen (secondary N) is 2. The summed E-state index contributed by atoms with van der Waals surface area (Å²) >= 11 is 0. The summed E-state index contributed by atoms with van der Waals surface area (Å²) in [5.41, 5.74) is 7.12. The summed E-state index contributed by atoms with van der Waals surface area (Å²) in [5, 5.41) is 12.8. The first kappa shape index (κ1) is 13.7. The number of nitrogens with two attached hydrogens (primary N) is 1. The highest BCUT2D eigenvalue weighted by Crippen LogP contribution is 2.27. The molecule has 0 aliphatic carbocycles. The third-order valence-electron chi connectivity index (χ3n) is 3.06. The molecular formula is C15H12FN5O. The fourth-order valence-electron chi connectivity index (χ4n) is 1.94. The topological polar surface area (TPSA) is 99.4 Å². The quantitative estimate of drug-likeness (QED) is 0.509. The van der Waals surface area contributed by atoms with Crippen LogP contribution in [0.25, 0.3) is 11.3 Å². The maximum atomic E-state index is 13.5. The minimum atomic E-state index is -0.507. The minimum absolute atomic E-state index is 0.0614. The summed E-state index contributed by atoms with van der Waals surface area (Å²) in [6, 6.07) is 12.8. The lowest BCUT2D eigenvalue weighted by atomic mass is 10.1. The van der Waals surface area contributed by atoms with Crippen LogP contribution in [0, 0.1) is 5.82 Å². The van der Waals surface area contributed by atoms with Crippen LogP contribution in [0.1, 0.15) is 0 Å². The second kappa shape index (κ2) is 5.65. The fraction of sp³-hybridized carbons (Fsp3) is 0. The predicted octanol–water partition coefficient (Wildman–Crippen LogP) is 3.51. The standard InChI is InChI=1S/C15H12FN5O/c16-11-3-1-2-4-12(11)18-20-14-13(19-21-15(14)22)9-5-7-10(17)8-6-9/h1-8H,17H2,(H2,19,21,22). The monoisotopic (exact) mass is 297 g/mol. The molecule has 0 atom stereocenters.